The summed E-state index contributed by atoms with van der Waals surface area (Å²) in [5, 5.41) is 19.7. The van der Waals surface area contributed by atoms with E-state index < -0.39 is 23.5 Å². The highest BCUT2D eigenvalue weighted by Gasteiger charge is 2.44. The monoisotopic (exact) mass is 174 g/mol. The van der Waals surface area contributed by atoms with Gasteiger partial charge in [-0.05, 0) is 0 Å². The molecule has 0 aromatic heterocycles. The molecule has 0 aromatic rings. The second-order valence-electron chi connectivity index (χ2n) is 2.94. The summed E-state index contributed by atoms with van der Waals surface area (Å²) in [5.41, 5.74) is 3.98. The van der Waals surface area contributed by atoms with Crippen molar-refractivity contribution in [2.45, 2.75) is 18.0 Å². The van der Waals surface area contributed by atoms with Crippen LogP contribution < -0.4 is 11.1 Å². The van der Waals surface area contributed by atoms with Gasteiger partial charge in [-0.3, -0.25) is 9.59 Å². The number of nitrogens with one attached hydrogen (secondary N) is 1. The predicted molar refractivity (Wildman–Crippen MR) is 38.6 cm³/mol. The van der Waals surface area contributed by atoms with E-state index in [0.29, 0.717) is 0 Å². The smallest absolute Gasteiger partial charge is 0.325 e. The number of carbonyl (C=O) groups is 2. The number of hydrogen-bond donors (Lipinski definition) is 4. The molecule has 6 nitrogen and oxygen atoms in total. The fourth-order valence-electron chi connectivity index (χ4n) is 1.15. The minimum atomic E-state index is -1.43. The van der Waals surface area contributed by atoms with Gasteiger partial charge in [0.05, 0.1) is 0 Å². The van der Waals surface area contributed by atoms with Crippen LogP contribution >= 0.6 is 0 Å². The van der Waals surface area contributed by atoms with E-state index in [4.69, 9.17) is 15.9 Å². The van der Waals surface area contributed by atoms with Gasteiger partial charge in [-0.2, -0.15) is 0 Å². The van der Waals surface area contributed by atoms with Gasteiger partial charge in [0.1, 0.15) is 11.6 Å². The lowest BCUT2D eigenvalue weighted by molar-refractivity contribution is -0.142. The Hall–Kier alpha value is -1.14. The zero-order valence-corrected chi connectivity index (χ0v) is 6.28. The average Bonchev–Trinajstić information content (AvgIpc) is 2.33. The third kappa shape index (κ3) is 1.39. The van der Waals surface area contributed by atoms with Crippen molar-refractivity contribution in [3.8, 4) is 0 Å². The molecule has 0 amide bonds. The first kappa shape index (κ1) is 8.95. The first-order valence-electron chi connectivity index (χ1n) is 3.44. The van der Waals surface area contributed by atoms with Crippen LogP contribution in [0.3, 0.4) is 0 Å². The Bertz CT molecular complexity index is 230. The summed E-state index contributed by atoms with van der Waals surface area (Å²) in [4.78, 5) is 20.9. The number of rotatable bonds is 2. The van der Waals surface area contributed by atoms with Gasteiger partial charge >= 0.3 is 11.9 Å². The summed E-state index contributed by atoms with van der Waals surface area (Å²) in [5.74, 6) is -2.23. The van der Waals surface area contributed by atoms with E-state index in [1.807, 2.05) is 0 Å². The van der Waals surface area contributed by atoms with Gasteiger partial charge in [-0.25, -0.2) is 0 Å². The van der Waals surface area contributed by atoms with Crippen molar-refractivity contribution in [1.82, 2.24) is 5.32 Å². The molecule has 1 fully saturated rings. The van der Waals surface area contributed by atoms with Crippen LogP contribution in [0.5, 0.6) is 0 Å². The highest BCUT2D eigenvalue weighted by molar-refractivity contribution is 5.83. The lowest BCUT2D eigenvalue weighted by Gasteiger charge is -2.15. The summed E-state index contributed by atoms with van der Waals surface area (Å²) in [6.45, 7) is -0.000694. The highest BCUT2D eigenvalue weighted by atomic mass is 16.4. The molecule has 6 heteroatoms. The molecule has 0 bridgehead atoms. The Morgan fingerprint density at radius 3 is 2.33 bits per heavy atom. The first-order chi connectivity index (χ1) is 5.46. The topological polar surface area (TPSA) is 113 Å². The minimum absolute atomic E-state index is 0.000694. The van der Waals surface area contributed by atoms with E-state index >= 15 is 0 Å². The summed E-state index contributed by atoms with van der Waals surface area (Å²) in [6.07, 6.45) is -0.0718. The molecule has 1 aliphatic rings. The van der Waals surface area contributed by atoms with Crippen LogP contribution in [-0.2, 0) is 9.59 Å². The molecule has 68 valence electrons. The summed E-state index contributed by atoms with van der Waals surface area (Å²) in [7, 11) is 0. The summed E-state index contributed by atoms with van der Waals surface area (Å²) >= 11 is 0. The molecule has 1 aliphatic heterocycles. The zero-order chi connectivity index (χ0) is 9.35. The number of carboxylic acid groups (broad SMARTS) is 2. The van der Waals surface area contributed by atoms with E-state index in [9.17, 15) is 9.59 Å². The maximum Gasteiger partial charge on any atom is 0.325 e. The molecule has 2 atom stereocenters. The Balaban J connectivity index is 2.67. The maximum atomic E-state index is 10.5. The zero-order valence-electron chi connectivity index (χ0n) is 6.28. The van der Waals surface area contributed by atoms with Crippen molar-refractivity contribution < 1.29 is 19.8 Å². The fourth-order valence-corrected chi connectivity index (χ4v) is 1.15. The predicted octanol–water partition coefficient (Wildman–Crippen LogP) is -1.78. The van der Waals surface area contributed by atoms with Crippen LogP contribution in [0.1, 0.15) is 6.42 Å². The molecule has 0 aliphatic carbocycles. The molecule has 0 radical (unpaired) electrons. The molecule has 5 N–H and O–H groups in total. The van der Waals surface area contributed by atoms with Crippen LogP contribution in [0.4, 0.5) is 0 Å². The molecule has 1 saturated heterocycles. The van der Waals surface area contributed by atoms with E-state index in [-0.39, 0.29) is 13.0 Å². The van der Waals surface area contributed by atoms with Gasteiger partial charge in [0, 0.05) is 13.0 Å². The Morgan fingerprint density at radius 2 is 2.08 bits per heavy atom. The largest absolute Gasteiger partial charge is 0.480 e. The SMILES string of the molecule is N[C@@]1(C(=O)O)CN[C@@H](C(=O)O)C1. The van der Waals surface area contributed by atoms with Gasteiger partial charge in [0.15, 0.2) is 0 Å². The van der Waals surface area contributed by atoms with Crippen molar-refractivity contribution >= 4 is 11.9 Å². The van der Waals surface area contributed by atoms with Crippen molar-refractivity contribution in [2.75, 3.05) is 6.54 Å². The molecule has 1 heterocycles. The minimum Gasteiger partial charge on any atom is -0.480 e. The molecule has 1 rings (SSSR count). The molecule has 0 unspecified atom stereocenters. The number of carboxylic acids is 2. The number of aliphatic carboxylic acids is 2. The lowest BCUT2D eigenvalue weighted by atomic mass is 9.98. The standard InChI is InChI=1S/C6H10N2O4/c7-6(5(11)12)1-3(4(9)10)8-2-6/h3,8H,1-2,7H2,(H,9,10)(H,11,12)/t3-,6-/m1/s1. The number of nitrogens with two attached hydrogens (primary N) is 1. The second-order valence-corrected chi connectivity index (χ2v) is 2.94. The van der Waals surface area contributed by atoms with Crippen LogP contribution in [0, 0.1) is 0 Å². The summed E-state index contributed by atoms with van der Waals surface area (Å²) in [6, 6.07) is -0.842. The van der Waals surface area contributed by atoms with Gasteiger partial charge < -0.3 is 21.3 Å². The normalized spacial score (nSPS) is 34.9. The van der Waals surface area contributed by atoms with Crippen molar-refractivity contribution in [3.63, 3.8) is 0 Å². The summed E-state index contributed by atoms with van der Waals surface area (Å²) < 4.78 is 0. The molecular weight excluding hydrogens is 164 g/mol. The highest BCUT2D eigenvalue weighted by Crippen LogP contribution is 2.16. The van der Waals surface area contributed by atoms with Gasteiger partial charge in [-0.15, -0.1) is 0 Å². The van der Waals surface area contributed by atoms with Crippen LogP contribution in [0.2, 0.25) is 0 Å². The van der Waals surface area contributed by atoms with Crippen molar-refractivity contribution in [3.05, 3.63) is 0 Å². The Labute approximate surface area is 68.4 Å². The Morgan fingerprint density at radius 1 is 1.50 bits per heavy atom. The second kappa shape index (κ2) is 2.72. The van der Waals surface area contributed by atoms with Crippen LogP contribution in [-0.4, -0.2) is 40.3 Å². The van der Waals surface area contributed by atoms with Crippen LogP contribution in [0.15, 0.2) is 0 Å². The molecule has 0 spiro atoms. The number of hydrogen-bond acceptors (Lipinski definition) is 4. The van der Waals surface area contributed by atoms with E-state index in [2.05, 4.69) is 5.32 Å². The van der Waals surface area contributed by atoms with E-state index in [1.165, 1.54) is 0 Å². The molecule has 0 saturated carbocycles. The Kier molecular flexibility index (Phi) is 2.03. The fraction of sp³-hybridized carbons (Fsp3) is 0.667. The van der Waals surface area contributed by atoms with Gasteiger partial charge in [-0.1, -0.05) is 0 Å². The van der Waals surface area contributed by atoms with E-state index in [1.54, 1.807) is 0 Å². The van der Waals surface area contributed by atoms with Crippen molar-refractivity contribution in [2.24, 2.45) is 5.73 Å². The molecule has 12 heavy (non-hydrogen) atoms. The first-order valence-corrected chi connectivity index (χ1v) is 3.44. The third-order valence-electron chi connectivity index (χ3n) is 1.96. The van der Waals surface area contributed by atoms with Gasteiger partial charge in [0.25, 0.3) is 0 Å². The average molecular weight is 174 g/mol. The molecule has 0 aromatic carbocycles. The van der Waals surface area contributed by atoms with Crippen LogP contribution in [0.25, 0.3) is 0 Å². The van der Waals surface area contributed by atoms with Crippen molar-refractivity contribution in [1.29, 1.82) is 0 Å². The third-order valence-corrected chi connectivity index (χ3v) is 1.96. The van der Waals surface area contributed by atoms with Gasteiger partial charge in [0.2, 0.25) is 0 Å². The maximum absolute atomic E-state index is 10.5. The lowest BCUT2D eigenvalue weighted by Crippen LogP contribution is -2.49. The molecular formula is C6H10N2O4. The van der Waals surface area contributed by atoms with E-state index in [0.717, 1.165) is 0 Å². The quantitative estimate of drug-likeness (QED) is 0.393.